The van der Waals surface area contributed by atoms with Crippen molar-refractivity contribution in [3.63, 3.8) is 0 Å². The highest BCUT2D eigenvalue weighted by Crippen LogP contribution is 2.28. The van der Waals surface area contributed by atoms with E-state index >= 15 is 0 Å². The highest BCUT2D eigenvalue weighted by Gasteiger charge is 2.05. The van der Waals surface area contributed by atoms with Gasteiger partial charge in [0.15, 0.2) is 0 Å². The Morgan fingerprint density at radius 3 is 2.60 bits per heavy atom. The molecule has 3 nitrogen and oxygen atoms in total. The van der Waals surface area contributed by atoms with Gasteiger partial charge in [0, 0.05) is 29.7 Å². The molecule has 0 saturated carbocycles. The van der Waals surface area contributed by atoms with E-state index in [4.69, 9.17) is 16.3 Å². The molecule has 0 aliphatic carbocycles. The van der Waals surface area contributed by atoms with Gasteiger partial charge in [0.1, 0.15) is 5.75 Å². The van der Waals surface area contributed by atoms with E-state index in [0.29, 0.717) is 10.8 Å². The number of hydrogen-bond donors (Lipinski definition) is 0. The summed E-state index contributed by atoms with van der Waals surface area (Å²) in [7, 11) is 1.60. The van der Waals surface area contributed by atoms with E-state index in [2.05, 4.69) is 36.4 Å². The Kier molecular flexibility index (Phi) is 4.50. The topological polar surface area (TPSA) is 26.5 Å². The van der Waals surface area contributed by atoms with E-state index in [1.165, 1.54) is 11.4 Å². The fraction of sp³-hybridized carbons (Fsp3) is 0.312. The van der Waals surface area contributed by atoms with Crippen molar-refractivity contribution in [1.82, 2.24) is 4.57 Å². The number of nitrogens with zero attached hydrogens (tertiary/aromatic N) is 2. The second kappa shape index (κ2) is 6.14. The normalized spacial score (nSPS) is 11.2. The minimum Gasteiger partial charge on any atom is -0.495 e. The molecule has 1 heterocycles. The van der Waals surface area contributed by atoms with Crippen LogP contribution in [0.4, 0.5) is 5.69 Å². The van der Waals surface area contributed by atoms with Crippen molar-refractivity contribution >= 4 is 23.5 Å². The van der Waals surface area contributed by atoms with Crippen LogP contribution in [0.15, 0.2) is 29.3 Å². The lowest BCUT2D eigenvalue weighted by atomic mass is 10.2. The van der Waals surface area contributed by atoms with Crippen molar-refractivity contribution in [3.8, 4) is 5.75 Å². The van der Waals surface area contributed by atoms with Gasteiger partial charge in [-0.25, -0.2) is 0 Å². The zero-order valence-electron chi connectivity index (χ0n) is 12.3. The van der Waals surface area contributed by atoms with Crippen LogP contribution in [0.2, 0.25) is 5.02 Å². The summed E-state index contributed by atoms with van der Waals surface area (Å²) >= 11 is 6.09. The zero-order valence-corrected chi connectivity index (χ0v) is 13.0. The standard InChI is InChI=1S/C16H19ClN2O/c1-5-19-11(2)8-13(12(19)3)10-18-14-6-7-16(20-4)15(17)9-14/h6-10H,5H2,1-4H3. The van der Waals surface area contributed by atoms with Crippen LogP contribution < -0.4 is 4.74 Å². The number of halogens is 1. The number of methoxy groups -OCH3 is 1. The lowest BCUT2D eigenvalue weighted by Gasteiger charge is -2.04. The van der Waals surface area contributed by atoms with Crippen LogP contribution in [-0.4, -0.2) is 17.9 Å². The van der Waals surface area contributed by atoms with E-state index in [-0.39, 0.29) is 0 Å². The summed E-state index contributed by atoms with van der Waals surface area (Å²) < 4.78 is 7.39. The predicted octanol–water partition coefficient (Wildman–Crippen LogP) is 4.54. The third kappa shape index (κ3) is 2.88. The van der Waals surface area contributed by atoms with E-state index in [1.54, 1.807) is 13.2 Å². The zero-order chi connectivity index (χ0) is 14.7. The summed E-state index contributed by atoms with van der Waals surface area (Å²) in [6, 6.07) is 7.66. The molecular formula is C16H19ClN2O. The Labute approximate surface area is 124 Å². The number of rotatable bonds is 4. The SMILES string of the molecule is CCn1c(C)cc(C=Nc2ccc(OC)c(Cl)c2)c1C. The highest BCUT2D eigenvalue weighted by atomic mass is 35.5. The van der Waals surface area contributed by atoms with Gasteiger partial charge in [-0.2, -0.15) is 0 Å². The summed E-state index contributed by atoms with van der Waals surface area (Å²) in [6.45, 7) is 7.33. The predicted molar refractivity (Wildman–Crippen MR) is 84.8 cm³/mol. The van der Waals surface area contributed by atoms with E-state index in [0.717, 1.165) is 17.8 Å². The average molecular weight is 291 g/mol. The average Bonchev–Trinajstić information content (AvgIpc) is 2.70. The maximum atomic E-state index is 6.09. The molecule has 0 aliphatic heterocycles. The number of ether oxygens (including phenoxy) is 1. The molecule has 0 aliphatic rings. The minimum absolute atomic E-state index is 0.571. The molecule has 1 aromatic carbocycles. The Bertz CT molecular complexity index is 644. The van der Waals surface area contributed by atoms with Crippen LogP contribution in [0.3, 0.4) is 0 Å². The highest BCUT2D eigenvalue weighted by molar-refractivity contribution is 6.32. The molecule has 0 N–H and O–H groups in total. The quantitative estimate of drug-likeness (QED) is 0.760. The summed E-state index contributed by atoms with van der Waals surface area (Å²) in [6.07, 6.45) is 1.88. The van der Waals surface area contributed by atoms with Gasteiger partial charge in [0.25, 0.3) is 0 Å². The number of hydrogen-bond acceptors (Lipinski definition) is 2. The number of benzene rings is 1. The van der Waals surface area contributed by atoms with Gasteiger partial charge in [-0.05, 0) is 45.0 Å². The number of aliphatic imine (C=N–C) groups is 1. The van der Waals surface area contributed by atoms with Crippen molar-refractivity contribution in [3.05, 3.63) is 46.2 Å². The lowest BCUT2D eigenvalue weighted by Crippen LogP contribution is -1.99. The molecule has 0 radical (unpaired) electrons. The number of aryl methyl sites for hydroxylation is 1. The summed E-state index contributed by atoms with van der Waals surface area (Å²) in [4.78, 5) is 4.48. The van der Waals surface area contributed by atoms with Crippen LogP contribution in [0.5, 0.6) is 5.75 Å². The second-order valence-electron chi connectivity index (χ2n) is 4.65. The van der Waals surface area contributed by atoms with Gasteiger partial charge in [0.2, 0.25) is 0 Å². The van der Waals surface area contributed by atoms with Crippen molar-refractivity contribution in [2.24, 2.45) is 4.99 Å². The summed E-state index contributed by atoms with van der Waals surface area (Å²) in [5.41, 5.74) is 4.43. The molecule has 106 valence electrons. The van der Waals surface area contributed by atoms with Crippen LogP contribution in [-0.2, 0) is 6.54 Å². The molecule has 1 aromatic heterocycles. The Morgan fingerprint density at radius 2 is 2.05 bits per heavy atom. The van der Waals surface area contributed by atoms with Crippen LogP contribution >= 0.6 is 11.6 Å². The van der Waals surface area contributed by atoms with Crippen molar-refractivity contribution < 1.29 is 4.74 Å². The van der Waals surface area contributed by atoms with Gasteiger partial charge >= 0.3 is 0 Å². The second-order valence-corrected chi connectivity index (χ2v) is 5.05. The van der Waals surface area contributed by atoms with Crippen molar-refractivity contribution in [1.29, 1.82) is 0 Å². The van der Waals surface area contributed by atoms with Crippen LogP contribution in [0.1, 0.15) is 23.9 Å². The van der Waals surface area contributed by atoms with Crippen LogP contribution in [0, 0.1) is 13.8 Å². The molecule has 0 unspecified atom stereocenters. The Morgan fingerprint density at radius 1 is 1.30 bits per heavy atom. The monoisotopic (exact) mass is 290 g/mol. The van der Waals surface area contributed by atoms with E-state index in [9.17, 15) is 0 Å². The third-order valence-corrected chi connectivity index (χ3v) is 3.71. The van der Waals surface area contributed by atoms with Crippen molar-refractivity contribution in [2.45, 2.75) is 27.3 Å². The molecule has 0 fully saturated rings. The molecule has 20 heavy (non-hydrogen) atoms. The van der Waals surface area contributed by atoms with Gasteiger partial charge < -0.3 is 9.30 Å². The molecule has 2 aromatic rings. The Balaban J connectivity index is 2.27. The fourth-order valence-electron chi connectivity index (χ4n) is 2.32. The first-order chi connectivity index (χ1) is 9.56. The van der Waals surface area contributed by atoms with Gasteiger partial charge in [-0.15, -0.1) is 0 Å². The first-order valence-electron chi connectivity index (χ1n) is 6.61. The maximum absolute atomic E-state index is 6.09. The molecule has 0 amide bonds. The van der Waals surface area contributed by atoms with E-state index < -0.39 is 0 Å². The molecule has 4 heteroatoms. The Hall–Kier alpha value is -1.74. The minimum atomic E-state index is 0.571. The summed E-state index contributed by atoms with van der Waals surface area (Å²) in [5.74, 6) is 0.662. The summed E-state index contributed by atoms with van der Waals surface area (Å²) in [5, 5.41) is 0.571. The lowest BCUT2D eigenvalue weighted by molar-refractivity contribution is 0.415. The van der Waals surface area contributed by atoms with Gasteiger partial charge in [0.05, 0.1) is 17.8 Å². The van der Waals surface area contributed by atoms with Gasteiger partial charge in [-0.3, -0.25) is 4.99 Å². The smallest absolute Gasteiger partial charge is 0.137 e. The number of aromatic nitrogens is 1. The molecular weight excluding hydrogens is 272 g/mol. The first-order valence-corrected chi connectivity index (χ1v) is 6.99. The van der Waals surface area contributed by atoms with Crippen molar-refractivity contribution in [2.75, 3.05) is 7.11 Å². The van der Waals surface area contributed by atoms with Crippen LogP contribution in [0.25, 0.3) is 0 Å². The van der Waals surface area contributed by atoms with E-state index in [1.807, 2.05) is 18.3 Å². The third-order valence-electron chi connectivity index (χ3n) is 3.42. The molecule has 0 bridgehead atoms. The van der Waals surface area contributed by atoms with Gasteiger partial charge in [-0.1, -0.05) is 11.6 Å². The fourth-order valence-corrected chi connectivity index (χ4v) is 2.58. The maximum Gasteiger partial charge on any atom is 0.137 e. The molecule has 0 spiro atoms. The molecule has 2 rings (SSSR count). The molecule has 0 saturated heterocycles. The molecule has 0 atom stereocenters. The first kappa shape index (κ1) is 14.7. The largest absolute Gasteiger partial charge is 0.495 e.